The van der Waals surface area contributed by atoms with Gasteiger partial charge in [0.15, 0.2) is 0 Å². The van der Waals surface area contributed by atoms with Crippen LogP contribution in [-0.2, 0) is 6.42 Å². The molecule has 1 heterocycles. The van der Waals surface area contributed by atoms with Gasteiger partial charge in [0, 0.05) is 0 Å². The fourth-order valence-corrected chi connectivity index (χ4v) is 2.21. The number of rotatable bonds is 6. The normalized spacial score (nSPS) is 10.4. The van der Waals surface area contributed by atoms with Gasteiger partial charge in [-0.15, -0.1) is 10.2 Å². The molecule has 0 aliphatic heterocycles. The van der Waals surface area contributed by atoms with Crippen LogP contribution in [0.2, 0.25) is 0 Å². The van der Waals surface area contributed by atoms with Crippen LogP contribution in [-0.4, -0.2) is 22.7 Å². The minimum absolute atomic E-state index is 0.0766. The van der Waals surface area contributed by atoms with Crippen LogP contribution in [0.15, 0.2) is 59.0 Å². The van der Waals surface area contributed by atoms with Crippen LogP contribution in [0, 0.1) is 0 Å². The topological polar surface area (TPSA) is 77.2 Å². The van der Waals surface area contributed by atoms with Crippen molar-refractivity contribution in [2.45, 2.75) is 13.3 Å². The van der Waals surface area contributed by atoms with Crippen molar-refractivity contribution in [1.29, 1.82) is 0 Å². The molecule has 24 heavy (non-hydrogen) atoms. The van der Waals surface area contributed by atoms with Crippen molar-refractivity contribution >= 4 is 11.6 Å². The first-order valence-corrected chi connectivity index (χ1v) is 7.65. The molecule has 0 atom stereocenters. The summed E-state index contributed by atoms with van der Waals surface area (Å²) in [5.74, 6) is 0.447. The summed E-state index contributed by atoms with van der Waals surface area (Å²) < 4.78 is 10.9. The number of para-hydroxylation sites is 2. The van der Waals surface area contributed by atoms with Gasteiger partial charge in [0.05, 0.1) is 18.7 Å². The molecule has 0 saturated heterocycles. The quantitative estimate of drug-likeness (QED) is 0.753. The lowest BCUT2D eigenvalue weighted by Crippen LogP contribution is -2.13. The zero-order chi connectivity index (χ0) is 16.8. The first kappa shape index (κ1) is 15.7. The summed E-state index contributed by atoms with van der Waals surface area (Å²) >= 11 is 0. The fraction of sp³-hybridized carbons (Fsp3) is 0.167. The summed E-state index contributed by atoms with van der Waals surface area (Å²) in [5.41, 5.74) is 1.60. The van der Waals surface area contributed by atoms with Crippen LogP contribution in [0.1, 0.15) is 29.1 Å². The van der Waals surface area contributed by atoms with Crippen LogP contribution in [0.3, 0.4) is 0 Å². The van der Waals surface area contributed by atoms with Crippen molar-refractivity contribution in [3.63, 3.8) is 0 Å². The van der Waals surface area contributed by atoms with Crippen LogP contribution in [0.5, 0.6) is 5.75 Å². The number of anilines is 1. The third-order valence-electron chi connectivity index (χ3n) is 3.29. The number of hydrogen-bond acceptors (Lipinski definition) is 5. The van der Waals surface area contributed by atoms with E-state index in [0.717, 1.165) is 5.56 Å². The lowest BCUT2D eigenvalue weighted by molar-refractivity contribution is 0.0988. The SMILES string of the molecule is CCOc1ccccc1NC(=O)c1nnc(Cc2ccccc2)o1. The summed E-state index contributed by atoms with van der Waals surface area (Å²) in [6.07, 6.45) is 0.483. The van der Waals surface area contributed by atoms with E-state index in [1.165, 1.54) is 0 Å². The largest absolute Gasteiger partial charge is 0.492 e. The molecule has 2 aromatic carbocycles. The lowest BCUT2D eigenvalue weighted by atomic mass is 10.2. The maximum atomic E-state index is 12.3. The van der Waals surface area contributed by atoms with Crippen LogP contribution in [0.4, 0.5) is 5.69 Å². The summed E-state index contributed by atoms with van der Waals surface area (Å²) in [5, 5.41) is 10.5. The van der Waals surface area contributed by atoms with E-state index in [-0.39, 0.29) is 5.89 Å². The second kappa shape index (κ2) is 7.41. The van der Waals surface area contributed by atoms with E-state index in [4.69, 9.17) is 9.15 Å². The molecule has 0 saturated carbocycles. The summed E-state index contributed by atoms with van der Waals surface area (Å²) in [4.78, 5) is 12.3. The Labute approximate surface area is 139 Å². The number of amides is 1. The number of nitrogens with zero attached hydrogens (tertiary/aromatic N) is 2. The van der Waals surface area contributed by atoms with E-state index in [0.29, 0.717) is 30.4 Å². The van der Waals surface area contributed by atoms with E-state index in [9.17, 15) is 4.79 Å². The molecule has 1 amide bonds. The van der Waals surface area contributed by atoms with Gasteiger partial charge in [0.1, 0.15) is 5.75 Å². The van der Waals surface area contributed by atoms with Gasteiger partial charge in [-0.2, -0.15) is 0 Å². The highest BCUT2D eigenvalue weighted by Gasteiger charge is 2.16. The minimum Gasteiger partial charge on any atom is -0.492 e. The average molecular weight is 323 g/mol. The van der Waals surface area contributed by atoms with Crippen LogP contribution >= 0.6 is 0 Å². The molecule has 122 valence electrons. The standard InChI is InChI=1S/C18H17N3O3/c1-2-23-15-11-7-6-10-14(15)19-17(22)18-21-20-16(24-18)12-13-8-4-3-5-9-13/h3-11H,2,12H2,1H3,(H,19,22). The van der Waals surface area contributed by atoms with Crippen molar-refractivity contribution in [1.82, 2.24) is 10.2 Å². The molecule has 3 rings (SSSR count). The van der Waals surface area contributed by atoms with Gasteiger partial charge in [-0.05, 0) is 24.6 Å². The second-order valence-electron chi connectivity index (χ2n) is 5.05. The lowest BCUT2D eigenvalue weighted by Gasteiger charge is -2.09. The van der Waals surface area contributed by atoms with Crippen molar-refractivity contribution in [2.75, 3.05) is 11.9 Å². The molecule has 0 bridgehead atoms. The molecule has 1 aromatic heterocycles. The van der Waals surface area contributed by atoms with Crippen molar-refractivity contribution < 1.29 is 13.9 Å². The Balaban J connectivity index is 1.70. The van der Waals surface area contributed by atoms with Gasteiger partial charge >= 0.3 is 11.8 Å². The average Bonchev–Trinajstić information content (AvgIpc) is 3.06. The molecule has 0 aliphatic carbocycles. The molecule has 0 unspecified atom stereocenters. The van der Waals surface area contributed by atoms with Gasteiger partial charge in [-0.25, -0.2) is 0 Å². The van der Waals surface area contributed by atoms with Crippen molar-refractivity contribution in [3.05, 3.63) is 71.9 Å². The predicted octanol–water partition coefficient (Wildman–Crippen LogP) is 3.31. The van der Waals surface area contributed by atoms with Crippen LogP contribution < -0.4 is 10.1 Å². The van der Waals surface area contributed by atoms with E-state index < -0.39 is 5.91 Å². The number of ether oxygens (including phenoxy) is 1. The molecule has 1 N–H and O–H groups in total. The molecule has 0 spiro atoms. The predicted molar refractivity (Wildman–Crippen MR) is 89.1 cm³/mol. The van der Waals surface area contributed by atoms with E-state index >= 15 is 0 Å². The highest BCUT2D eigenvalue weighted by molar-refractivity contribution is 6.01. The Bertz CT molecular complexity index is 815. The summed E-state index contributed by atoms with van der Waals surface area (Å²) in [6, 6.07) is 16.9. The van der Waals surface area contributed by atoms with Gasteiger partial charge in [-0.1, -0.05) is 42.5 Å². The molecule has 6 heteroatoms. The number of benzene rings is 2. The third kappa shape index (κ3) is 3.78. The smallest absolute Gasteiger partial charge is 0.313 e. The number of nitrogens with one attached hydrogen (secondary N) is 1. The van der Waals surface area contributed by atoms with Gasteiger partial charge in [0.25, 0.3) is 0 Å². The third-order valence-corrected chi connectivity index (χ3v) is 3.29. The number of hydrogen-bond donors (Lipinski definition) is 1. The van der Waals surface area contributed by atoms with Crippen molar-refractivity contribution in [2.24, 2.45) is 0 Å². The first-order valence-electron chi connectivity index (χ1n) is 7.65. The molecule has 3 aromatic rings. The minimum atomic E-state index is -0.464. The molecular weight excluding hydrogens is 306 g/mol. The Morgan fingerprint density at radius 1 is 1.08 bits per heavy atom. The second-order valence-corrected chi connectivity index (χ2v) is 5.05. The number of carbonyl (C=O) groups is 1. The van der Waals surface area contributed by atoms with E-state index in [1.807, 2.05) is 49.4 Å². The number of carbonyl (C=O) groups excluding carboxylic acids is 1. The van der Waals surface area contributed by atoms with E-state index in [1.54, 1.807) is 12.1 Å². The fourth-order valence-electron chi connectivity index (χ4n) is 2.21. The maximum Gasteiger partial charge on any atom is 0.313 e. The first-order chi connectivity index (χ1) is 11.8. The highest BCUT2D eigenvalue weighted by Crippen LogP contribution is 2.24. The molecule has 6 nitrogen and oxygen atoms in total. The molecular formula is C18H17N3O3. The van der Waals surface area contributed by atoms with Gasteiger partial charge < -0.3 is 14.5 Å². The molecule has 0 radical (unpaired) electrons. The Kier molecular flexibility index (Phi) is 4.86. The monoisotopic (exact) mass is 323 g/mol. The van der Waals surface area contributed by atoms with Gasteiger partial charge in [-0.3, -0.25) is 4.79 Å². The zero-order valence-corrected chi connectivity index (χ0v) is 13.2. The Hall–Kier alpha value is -3.15. The summed E-state index contributed by atoms with van der Waals surface area (Å²) in [7, 11) is 0. The van der Waals surface area contributed by atoms with Crippen molar-refractivity contribution in [3.8, 4) is 5.75 Å². The zero-order valence-electron chi connectivity index (χ0n) is 13.2. The Morgan fingerprint density at radius 2 is 1.83 bits per heavy atom. The highest BCUT2D eigenvalue weighted by atomic mass is 16.5. The molecule has 0 aliphatic rings. The summed E-state index contributed by atoms with van der Waals surface area (Å²) in [6.45, 7) is 2.39. The maximum absolute atomic E-state index is 12.3. The van der Waals surface area contributed by atoms with E-state index in [2.05, 4.69) is 15.5 Å². The molecule has 0 fully saturated rings. The number of aromatic nitrogens is 2. The Morgan fingerprint density at radius 3 is 2.62 bits per heavy atom. The van der Waals surface area contributed by atoms with Gasteiger partial charge in [0.2, 0.25) is 5.89 Å². The van der Waals surface area contributed by atoms with Crippen LogP contribution in [0.25, 0.3) is 0 Å².